The van der Waals surface area contributed by atoms with E-state index >= 15 is 0 Å². The standard InChI is InChI=1S/C29H27BrF3N5O3/c1-16-26(35-27(40)23-13-25(29(31,32)33)34-24-10-9-20(30)12-22(23)24)17(2)38(36-16)14-18-5-7-19(8-6-18)28(41)37-11-3-4-21(39)15-37/h5-10,12-13,21,39H,3-4,11,14-15H2,1-2H3,(H,35,40). The van der Waals surface area contributed by atoms with Crippen LogP contribution >= 0.6 is 15.9 Å². The van der Waals surface area contributed by atoms with Gasteiger partial charge in [-0.15, -0.1) is 0 Å². The molecule has 8 nitrogen and oxygen atoms in total. The number of aromatic nitrogens is 3. The number of hydrogen-bond donors (Lipinski definition) is 2. The van der Waals surface area contributed by atoms with E-state index in [2.05, 4.69) is 31.3 Å². The number of nitrogens with one attached hydrogen (secondary N) is 1. The Morgan fingerprint density at radius 1 is 1.12 bits per heavy atom. The molecule has 1 fully saturated rings. The van der Waals surface area contributed by atoms with Crippen LogP contribution in [0.2, 0.25) is 0 Å². The van der Waals surface area contributed by atoms with Gasteiger partial charge in [-0.05, 0) is 68.7 Å². The maximum Gasteiger partial charge on any atom is 0.433 e. The number of aliphatic hydroxyl groups excluding tert-OH is 1. The fraction of sp³-hybridized carbons (Fsp3) is 0.310. The van der Waals surface area contributed by atoms with Crippen LogP contribution in [0.3, 0.4) is 0 Å². The molecule has 2 aromatic carbocycles. The van der Waals surface area contributed by atoms with Crippen LogP contribution in [-0.4, -0.2) is 55.8 Å². The molecular weight excluding hydrogens is 603 g/mol. The Hall–Kier alpha value is -3.77. The molecule has 41 heavy (non-hydrogen) atoms. The van der Waals surface area contributed by atoms with E-state index in [0.717, 1.165) is 18.1 Å². The van der Waals surface area contributed by atoms with Crippen molar-refractivity contribution in [3.63, 3.8) is 0 Å². The van der Waals surface area contributed by atoms with Crippen LogP contribution in [0.5, 0.6) is 0 Å². The van der Waals surface area contributed by atoms with Gasteiger partial charge in [-0.25, -0.2) is 4.98 Å². The molecule has 1 aliphatic heterocycles. The van der Waals surface area contributed by atoms with Gasteiger partial charge < -0.3 is 15.3 Å². The van der Waals surface area contributed by atoms with E-state index in [1.807, 2.05) is 12.1 Å². The molecule has 2 amide bonds. The van der Waals surface area contributed by atoms with Crippen molar-refractivity contribution in [1.82, 2.24) is 19.7 Å². The number of carbonyl (C=O) groups is 2. The molecule has 0 aliphatic carbocycles. The van der Waals surface area contributed by atoms with E-state index in [9.17, 15) is 27.9 Å². The van der Waals surface area contributed by atoms with Crippen molar-refractivity contribution in [2.45, 2.75) is 45.5 Å². The largest absolute Gasteiger partial charge is 0.433 e. The number of nitrogens with zero attached hydrogens (tertiary/aromatic N) is 4. The first-order valence-electron chi connectivity index (χ1n) is 13.0. The Labute approximate surface area is 242 Å². The molecule has 5 rings (SSSR count). The third-order valence-electron chi connectivity index (χ3n) is 7.14. The number of alkyl halides is 3. The quantitative estimate of drug-likeness (QED) is 0.294. The van der Waals surface area contributed by atoms with Crippen molar-refractivity contribution in [1.29, 1.82) is 0 Å². The minimum atomic E-state index is -4.72. The zero-order valence-electron chi connectivity index (χ0n) is 22.3. The number of likely N-dealkylation sites (tertiary alicyclic amines) is 1. The summed E-state index contributed by atoms with van der Waals surface area (Å²) in [5, 5.41) is 17.4. The van der Waals surface area contributed by atoms with Crippen LogP contribution in [0.1, 0.15) is 56.2 Å². The Kier molecular flexibility index (Phi) is 7.89. The van der Waals surface area contributed by atoms with Crippen molar-refractivity contribution < 1.29 is 27.9 Å². The number of piperidine rings is 1. The Balaban J connectivity index is 1.36. The number of rotatable bonds is 5. The number of aryl methyl sites for hydroxylation is 1. The maximum atomic E-state index is 13.5. The number of halogens is 4. The molecule has 0 spiro atoms. The van der Waals surface area contributed by atoms with Crippen LogP contribution < -0.4 is 5.32 Å². The van der Waals surface area contributed by atoms with Gasteiger partial charge in [0, 0.05) is 28.5 Å². The lowest BCUT2D eigenvalue weighted by Gasteiger charge is -2.30. The van der Waals surface area contributed by atoms with Crippen molar-refractivity contribution >= 4 is 44.3 Å². The van der Waals surface area contributed by atoms with Gasteiger partial charge in [-0.2, -0.15) is 18.3 Å². The number of fused-ring (bicyclic) bond motifs is 1. The summed E-state index contributed by atoms with van der Waals surface area (Å²) in [5.74, 6) is -0.840. The van der Waals surface area contributed by atoms with Gasteiger partial charge in [0.05, 0.1) is 40.8 Å². The first-order valence-corrected chi connectivity index (χ1v) is 13.8. The lowest BCUT2D eigenvalue weighted by Crippen LogP contribution is -2.42. The summed E-state index contributed by atoms with van der Waals surface area (Å²) in [6.07, 6.45) is -3.76. The molecule has 3 heterocycles. The predicted octanol–water partition coefficient (Wildman–Crippen LogP) is 5.73. The zero-order chi connectivity index (χ0) is 29.5. The Morgan fingerprint density at radius 3 is 2.54 bits per heavy atom. The number of pyridine rings is 1. The summed E-state index contributed by atoms with van der Waals surface area (Å²) in [5.41, 5.74) is 1.66. The van der Waals surface area contributed by atoms with Crippen molar-refractivity contribution in [3.8, 4) is 0 Å². The first kappa shape index (κ1) is 28.7. The summed E-state index contributed by atoms with van der Waals surface area (Å²) in [7, 11) is 0. The van der Waals surface area contributed by atoms with Crippen molar-refractivity contribution in [2.24, 2.45) is 0 Å². The lowest BCUT2D eigenvalue weighted by atomic mass is 10.1. The van der Waals surface area contributed by atoms with Gasteiger partial charge in [0.2, 0.25) is 0 Å². The fourth-order valence-corrected chi connectivity index (χ4v) is 5.35. The van der Waals surface area contributed by atoms with Crippen molar-refractivity contribution in [3.05, 3.63) is 86.8 Å². The van der Waals surface area contributed by atoms with Gasteiger partial charge in [-0.1, -0.05) is 28.1 Å². The SMILES string of the molecule is Cc1nn(Cc2ccc(C(=O)N3CCCC(O)C3)cc2)c(C)c1NC(=O)c1cc(C(F)(F)F)nc2ccc(Br)cc12. The predicted molar refractivity (Wildman–Crippen MR) is 151 cm³/mol. The highest BCUT2D eigenvalue weighted by Crippen LogP contribution is 2.33. The molecule has 1 unspecified atom stereocenters. The highest BCUT2D eigenvalue weighted by Gasteiger charge is 2.34. The minimum absolute atomic E-state index is 0.0516. The van der Waals surface area contributed by atoms with Gasteiger partial charge >= 0.3 is 6.18 Å². The van der Waals surface area contributed by atoms with Crippen LogP contribution in [0.15, 0.2) is 53.0 Å². The van der Waals surface area contributed by atoms with E-state index in [4.69, 9.17) is 0 Å². The molecular formula is C29H27BrF3N5O3. The minimum Gasteiger partial charge on any atom is -0.391 e. The monoisotopic (exact) mass is 629 g/mol. The van der Waals surface area contributed by atoms with Crippen molar-refractivity contribution in [2.75, 3.05) is 18.4 Å². The molecule has 0 bridgehead atoms. The second-order valence-corrected chi connectivity index (χ2v) is 11.0. The molecule has 1 aliphatic rings. The first-order chi connectivity index (χ1) is 19.4. The van der Waals surface area contributed by atoms with E-state index < -0.39 is 23.9 Å². The molecule has 1 atom stereocenters. The smallest absolute Gasteiger partial charge is 0.391 e. The molecule has 4 aromatic rings. The van der Waals surface area contributed by atoms with Gasteiger partial charge in [0.25, 0.3) is 11.8 Å². The fourth-order valence-electron chi connectivity index (χ4n) is 4.99. The Bertz CT molecular complexity index is 1640. The van der Waals surface area contributed by atoms with Crippen LogP contribution in [0, 0.1) is 13.8 Å². The molecule has 12 heteroatoms. The normalized spacial score (nSPS) is 15.8. The topological polar surface area (TPSA) is 100 Å². The molecule has 2 N–H and O–H groups in total. The summed E-state index contributed by atoms with van der Waals surface area (Å²) in [4.78, 5) is 31.5. The number of benzene rings is 2. The summed E-state index contributed by atoms with van der Waals surface area (Å²) in [6.45, 7) is 4.75. The van der Waals surface area contributed by atoms with Crippen LogP contribution in [0.25, 0.3) is 10.9 Å². The maximum absolute atomic E-state index is 13.5. The van der Waals surface area contributed by atoms with E-state index in [0.29, 0.717) is 53.2 Å². The van der Waals surface area contributed by atoms with E-state index in [1.165, 1.54) is 6.07 Å². The number of anilines is 1. The molecule has 2 aromatic heterocycles. The number of amides is 2. The molecule has 214 valence electrons. The third-order valence-corrected chi connectivity index (χ3v) is 7.64. The third kappa shape index (κ3) is 6.13. The van der Waals surface area contributed by atoms with Gasteiger partial charge in [-0.3, -0.25) is 14.3 Å². The average molecular weight is 630 g/mol. The van der Waals surface area contributed by atoms with E-state index in [-0.39, 0.29) is 22.4 Å². The molecule has 1 saturated heterocycles. The van der Waals surface area contributed by atoms with Crippen LogP contribution in [0.4, 0.5) is 18.9 Å². The number of β-amino-alcohol motifs (C(OH)–C–C–N with tert-alkyl or cyclic N) is 1. The summed E-state index contributed by atoms with van der Waals surface area (Å²) < 4.78 is 42.9. The Morgan fingerprint density at radius 2 is 1.85 bits per heavy atom. The number of carbonyl (C=O) groups excluding carboxylic acids is 2. The van der Waals surface area contributed by atoms with E-state index in [1.54, 1.807) is 47.7 Å². The number of aliphatic hydroxyl groups is 1. The second kappa shape index (κ2) is 11.2. The highest BCUT2D eigenvalue weighted by molar-refractivity contribution is 9.10. The zero-order valence-corrected chi connectivity index (χ0v) is 23.9. The average Bonchev–Trinajstić information content (AvgIpc) is 3.19. The molecule has 0 saturated carbocycles. The summed E-state index contributed by atoms with van der Waals surface area (Å²) in [6, 6.07) is 12.4. The second-order valence-electron chi connectivity index (χ2n) is 10.1. The lowest BCUT2D eigenvalue weighted by molar-refractivity contribution is -0.141. The number of hydrogen-bond acceptors (Lipinski definition) is 5. The highest BCUT2D eigenvalue weighted by atomic mass is 79.9. The van der Waals surface area contributed by atoms with Gasteiger partial charge in [0.1, 0.15) is 5.69 Å². The van der Waals surface area contributed by atoms with Gasteiger partial charge in [0.15, 0.2) is 0 Å². The van der Waals surface area contributed by atoms with Crippen LogP contribution in [-0.2, 0) is 12.7 Å². The molecule has 0 radical (unpaired) electrons. The summed E-state index contributed by atoms with van der Waals surface area (Å²) >= 11 is 3.31.